The summed E-state index contributed by atoms with van der Waals surface area (Å²) in [6.07, 6.45) is 0. The summed E-state index contributed by atoms with van der Waals surface area (Å²) in [4.78, 5) is 23.6. The van der Waals surface area contributed by atoms with Crippen molar-refractivity contribution in [3.8, 4) is 0 Å². The SMILES string of the molecule is Cc1ccc(NC(=O)CNC(=O)NCc2ccccc2)c(C)c1. The first-order valence-corrected chi connectivity index (χ1v) is 7.47. The van der Waals surface area contributed by atoms with Crippen LogP contribution in [-0.4, -0.2) is 18.5 Å². The molecule has 5 heteroatoms. The highest BCUT2D eigenvalue weighted by Crippen LogP contribution is 2.15. The quantitative estimate of drug-likeness (QED) is 0.794. The summed E-state index contributed by atoms with van der Waals surface area (Å²) in [5.41, 5.74) is 3.89. The first-order valence-electron chi connectivity index (χ1n) is 7.47. The Labute approximate surface area is 136 Å². The summed E-state index contributed by atoms with van der Waals surface area (Å²) in [6.45, 7) is 4.28. The normalized spacial score (nSPS) is 10.0. The Morgan fingerprint density at radius 3 is 2.39 bits per heavy atom. The molecular weight excluding hydrogens is 290 g/mol. The standard InChI is InChI=1S/C18H21N3O2/c1-13-8-9-16(14(2)10-13)21-17(22)12-20-18(23)19-11-15-6-4-3-5-7-15/h3-10H,11-12H2,1-2H3,(H,21,22)(H2,19,20,23). The van der Waals surface area contributed by atoms with E-state index in [1.165, 1.54) is 0 Å². The number of carbonyl (C=O) groups is 2. The molecule has 0 aliphatic rings. The van der Waals surface area contributed by atoms with Gasteiger partial charge >= 0.3 is 6.03 Å². The maximum atomic E-state index is 11.9. The Morgan fingerprint density at radius 1 is 0.957 bits per heavy atom. The second-order valence-electron chi connectivity index (χ2n) is 5.39. The predicted octanol–water partition coefficient (Wildman–Crippen LogP) is 2.74. The van der Waals surface area contributed by atoms with E-state index >= 15 is 0 Å². The molecule has 0 aromatic heterocycles. The van der Waals surface area contributed by atoms with Crippen molar-refractivity contribution in [1.82, 2.24) is 10.6 Å². The Bertz CT molecular complexity index is 684. The second-order valence-corrected chi connectivity index (χ2v) is 5.39. The molecule has 0 spiro atoms. The Balaban J connectivity index is 1.74. The first kappa shape index (κ1) is 16.5. The highest BCUT2D eigenvalue weighted by molar-refractivity contribution is 5.94. The van der Waals surface area contributed by atoms with E-state index in [0.717, 1.165) is 22.4 Å². The Hall–Kier alpha value is -2.82. The number of hydrogen-bond donors (Lipinski definition) is 3. The lowest BCUT2D eigenvalue weighted by Gasteiger charge is -2.10. The molecule has 23 heavy (non-hydrogen) atoms. The molecule has 0 aliphatic heterocycles. The molecule has 0 unspecified atom stereocenters. The summed E-state index contributed by atoms with van der Waals surface area (Å²) < 4.78 is 0. The summed E-state index contributed by atoms with van der Waals surface area (Å²) >= 11 is 0. The van der Waals surface area contributed by atoms with E-state index in [4.69, 9.17) is 0 Å². The van der Waals surface area contributed by atoms with Crippen LogP contribution in [0.25, 0.3) is 0 Å². The fourth-order valence-corrected chi connectivity index (χ4v) is 2.15. The third-order valence-corrected chi connectivity index (χ3v) is 3.36. The number of anilines is 1. The molecule has 0 saturated heterocycles. The number of hydrogen-bond acceptors (Lipinski definition) is 2. The van der Waals surface area contributed by atoms with Crippen LogP contribution in [0.1, 0.15) is 16.7 Å². The van der Waals surface area contributed by atoms with Gasteiger partial charge in [-0.2, -0.15) is 0 Å². The zero-order chi connectivity index (χ0) is 16.7. The van der Waals surface area contributed by atoms with Gasteiger partial charge in [-0.1, -0.05) is 48.0 Å². The molecule has 3 amide bonds. The minimum absolute atomic E-state index is 0.0755. The average Bonchev–Trinajstić information content (AvgIpc) is 2.54. The molecule has 3 N–H and O–H groups in total. The molecule has 2 rings (SSSR count). The Kier molecular flexibility index (Phi) is 5.74. The molecule has 0 radical (unpaired) electrons. The van der Waals surface area contributed by atoms with Gasteiger partial charge in [-0.25, -0.2) is 4.79 Å². The van der Waals surface area contributed by atoms with Crippen LogP contribution >= 0.6 is 0 Å². The molecule has 0 saturated carbocycles. The molecule has 0 fully saturated rings. The molecule has 0 bridgehead atoms. The fraction of sp³-hybridized carbons (Fsp3) is 0.222. The van der Waals surface area contributed by atoms with Crippen LogP contribution < -0.4 is 16.0 Å². The molecule has 0 aliphatic carbocycles. The van der Waals surface area contributed by atoms with Gasteiger partial charge in [-0.15, -0.1) is 0 Å². The van der Waals surface area contributed by atoms with Crippen LogP contribution in [0.3, 0.4) is 0 Å². The van der Waals surface area contributed by atoms with Crippen molar-refractivity contribution in [2.24, 2.45) is 0 Å². The number of carbonyl (C=O) groups excluding carboxylic acids is 2. The number of nitrogens with one attached hydrogen (secondary N) is 3. The van der Waals surface area contributed by atoms with Gasteiger partial charge < -0.3 is 16.0 Å². The summed E-state index contributed by atoms with van der Waals surface area (Å²) in [7, 11) is 0. The van der Waals surface area contributed by atoms with Crippen molar-refractivity contribution >= 4 is 17.6 Å². The van der Waals surface area contributed by atoms with Gasteiger partial charge in [0, 0.05) is 12.2 Å². The van der Waals surface area contributed by atoms with Crippen molar-refractivity contribution < 1.29 is 9.59 Å². The minimum Gasteiger partial charge on any atom is -0.334 e. The van der Waals surface area contributed by atoms with Crippen LogP contribution in [-0.2, 0) is 11.3 Å². The van der Waals surface area contributed by atoms with Gasteiger partial charge in [0.1, 0.15) is 0 Å². The lowest BCUT2D eigenvalue weighted by molar-refractivity contribution is -0.115. The van der Waals surface area contributed by atoms with E-state index in [-0.39, 0.29) is 18.5 Å². The van der Waals surface area contributed by atoms with Gasteiger partial charge in [0.2, 0.25) is 5.91 Å². The molecule has 120 valence electrons. The highest BCUT2D eigenvalue weighted by Gasteiger charge is 2.07. The topological polar surface area (TPSA) is 70.2 Å². The zero-order valence-corrected chi connectivity index (χ0v) is 13.3. The predicted molar refractivity (Wildman–Crippen MR) is 91.2 cm³/mol. The zero-order valence-electron chi connectivity index (χ0n) is 13.3. The van der Waals surface area contributed by atoms with Crippen molar-refractivity contribution in [2.45, 2.75) is 20.4 Å². The van der Waals surface area contributed by atoms with Gasteiger partial charge in [-0.3, -0.25) is 4.79 Å². The van der Waals surface area contributed by atoms with Gasteiger partial charge in [0.15, 0.2) is 0 Å². The van der Waals surface area contributed by atoms with Crippen LogP contribution in [0.5, 0.6) is 0 Å². The fourth-order valence-electron chi connectivity index (χ4n) is 2.15. The average molecular weight is 311 g/mol. The summed E-state index contributed by atoms with van der Waals surface area (Å²) in [6, 6.07) is 15.0. The van der Waals surface area contributed by atoms with Gasteiger partial charge in [0.25, 0.3) is 0 Å². The lowest BCUT2D eigenvalue weighted by atomic mass is 10.1. The third-order valence-electron chi connectivity index (χ3n) is 3.36. The molecule has 0 atom stereocenters. The lowest BCUT2D eigenvalue weighted by Crippen LogP contribution is -2.39. The van der Waals surface area contributed by atoms with Crippen LogP contribution in [0.4, 0.5) is 10.5 Å². The number of aryl methyl sites for hydroxylation is 2. The Morgan fingerprint density at radius 2 is 1.70 bits per heavy atom. The van der Waals surface area contributed by atoms with E-state index in [1.54, 1.807) is 0 Å². The van der Waals surface area contributed by atoms with Crippen molar-refractivity contribution in [3.05, 3.63) is 65.2 Å². The summed E-state index contributed by atoms with van der Waals surface area (Å²) in [5, 5.41) is 8.03. The smallest absolute Gasteiger partial charge is 0.315 e. The van der Waals surface area contributed by atoms with E-state index in [9.17, 15) is 9.59 Å². The molecule has 0 heterocycles. The number of amides is 3. The van der Waals surface area contributed by atoms with Crippen LogP contribution in [0.15, 0.2) is 48.5 Å². The van der Waals surface area contributed by atoms with Crippen molar-refractivity contribution in [3.63, 3.8) is 0 Å². The molecule has 2 aromatic carbocycles. The maximum Gasteiger partial charge on any atom is 0.315 e. The van der Waals surface area contributed by atoms with Crippen LogP contribution in [0.2, 0.25) is 0 Å². The number of urea groups is 1. The summed E-state index contributed by atoms with van der Waals surface area (Å²) in [5.74, 6) is -0.258. The molecular formula is C18H21N3O2. The minimum atomic E-state index is -0.371. The van der Waals surface area contributed by atoms with E-state index in [2.05, 4.69) is 16.0 Å². The van der Waals surface area contributed by atoms with Gasteiger partial charge in [0.05, 0.1) is 6.54 Å². The first-order chi connectivity index (χ1) is 11.0. The van der Waals surface area contributed by atoms with Crippen LogP contribution in [0, 0.1) is 13.8 Å². The third kappa shape index (κ3) is 5.47. The monoisotopic (exact) mass is 311 g/mol. The highest BCUT2D eigenvalue weighted by atomic mass is 16.2. The molecule has 2 aromatic rings. The van der Waals surface area contributed by atoms with Gasteiger partial charge in [-0.05, 0) is 31.0 Å². The maximum absolute atomic E-state index is 11.9. The van der Waals surface area contributed by atoms with E-state index < -0.39 is 0 Å². The van der Waals surface area contributed by atoms with Crippen molar-refractivity contribution in [1.29, 1.82) is 0 Å². The molecule has 5 nitrogen and oxygen atoms in total. The number of rotatable bonds is 5. The largest absolute Gasteiger partial charge is 0.334 e. The van der Waals surface area contributed by atoms with E-state index in [0.29, 0.717) is 6.54 Å². The van der Waals surface area contributed by atoms with Crippen molar-refractivity contribution in [2.75, 3.05) is 11.9 Å². The second kappa shape index (κ2) is 7.98. The number of benzene rings is 2. The van der Waals surface area contributed by atoms with E-state index in [1.807, 2.05) is 62.4 Å².